The molecule has 0 amide bonds. The lowest BCUT2D eigenvalue weighted by molar-refractivity contribution is -0.117. The lowest BCUT2D eigenvalue weighted by Gasteiger charge is -2.28. The second-order valence-electron chi connectivity index (χ2n) is 5.20. The molecule has 0 aromatic rings. The summed E-state index contributed by atoms with van der Waals surface area (Å²) >= 11 is 0. The Morgan fingerprint density at radius 1 is 1.19 bits per heavy atom. The molecule has 16 heavy (non-hydrogen) atoms. The zero-order chi connectivity index (χ0) is 11.4. The average molecular weight is 222 g/mol. The van der Waals surface area contributed by atoms with Crippen LogP contribution < -0.4 is 0 Å². The highest BCUT2D eigenvalue weighted by Crippen LogP contribution is 2.39. The summed E-state index contributed by atoms with van der Waals surface area (Å²) in [4.78, 5) is 11.3. The van der Waals surface area contributed by atoms with Gasteiger partial charge in [0.1, 0.15) is 5.78 Å². The third-order valence-electron chi connectivity index (χ3n) is 4.16. The Balaban J connectivity index is 1.79. The summed E-state index contributed by atoms with van der Waals surface area (Å²) in [5.41, 5.74) is 1.56. The van der Waals surface area contributed by atoms with Gasteiger partial charge in [-0.05, 0) is 43.9 Å². The first-order valence-electron chi connectivity index (χ1n) is 6.48. The van der Waals surface area contributed by atoms with E-state index in [4.69, 9.17) is 4.74 Å². The van der Waals surface area contributed by atoms with E-state index in [9.17, 15) is 4.79 Å². The number of rotatable bonds is 3. The van der Waals surface area contributed by atoms with Crippen LogP contribution in [0.15, 0.2) is 11.6 Å². The second kappa shape index (κ2) is 5.62. The predicted octanol–water partition coefficient (Wildman–Crippen LogP) is 3.12. The summed E-state index contributed by atoms with van der Waals surface area (Å²) < 4.78 is 5.06. The highest BCUT2D eigenvalue weighted by molar-refractivity contribution is 5.80. The van der Waals surface area contributed by atoms with Crippen molar-refractivity contribution in [3.8, 4) is 0 Å². The van der Waals surface area contributed by atoms with E-state index in [2.05, 4.69) is 6.08 Å². The maximum absolute atomic E-state index is 11.3. The predicted molar refractivity (Wildman–Crippen MR) is 64.3 cm³/mol. The molecule has 2 aliphatic rings. The number of Topliss-reactive ketones (excluding diaryl/α,β-unsaturated/α-hetero) is 1. The maximum Gasteiger partial charge on any atom is 0.133 e. The van der Waals surface area contributed by atoms with Gasteiger partial charge in [-0.2, -0.15) is 0 Å². The summed E-state index contributed by atoms with van der Waals surface area (Å²) in [5.74, 6) is 2.01. The molecule has 1 unspecified atom stereocenters. The van der Waals surface area contributed by atoms with E-state index in [0.29, 0.717) is 11.7 Å². The van der Waals surface area contributed by atoms with E-state index >= 15 is 0 Å². The standard InChI is InChI=1S/C14H22O2/c1-16-9-8-11-2-4-12(5-3-11)13-6-7-14(15)10-13/h8,12-13H,2-7,9-10H2,1H3. The van der Waals surface area contributed by atoms with Gasteiger partial charge < -0.3 is 4.74 Å². The number of ether oxygens (including phenoxy) is 1. The minimum absolute atomic E-state index is 0.491. The molecule has 0 radical (unpaired) electrons. The van der Waals surface area contributed by atoms with Crippen molar-refractivity contribution in [2.75, 3.05) is 13.7 Å². The molecular formula is C14H22O2. The lowest BCUT2D eigenvalue weighted by Crippen LogP contribution is -2.17. The minimum atomic E-state index is 0.491. The van der Waals surface area contributed by atoms with Crippen LogP contribution in [0.2, 0.25) is 0 Å². The first-order chi connectivity index (χ1) is 7.79. The topological polar surface area (TPSA) is 26.3 Å². The highest BCUT2D eigenvalue weighted by atomic mass is 16.5. The molecule has 0 saturated heterocycles. The van der Waals surface area contributed by atoms with Crippen LogP contribution in [0.5, 0.6) is 0 Å². The van der Waals surface area contributed by atoms with Gasteiger partial charge in [-0.25, -0.2) is 0 Å². The summed E-state index contributed by atoms with van der Waals surface area (Å²) in [5, 5.41) is 0. The first-order valence-corrected chi connectivity index (χ1v) is 6.48. The van der Waals surface area contributed by atoms with Crippen molar-refractivity contribution in [3.63, 3.8) is 0 Å². The van der Waals surface area contributed by atoms with Gasteiger partial charge in [0.05, 0.1) is 6.61 Å². The quantitative estimate of drug-likeness (QED) is 0.686. The number of hydrogen-bond donors (Lipinski definition) is 0. The summed E-state index contributed by atoms with van der Waals surface area (Å²) in [6.07, 6.45) is 10.1. The Morgan fingerprint density at radius 3 is 2.44 bits per heavy atom. The number of carbonyl (C=O) groups excluding carboxylic acids is 1. The molecule has 2 aliphatic carbocycles. The van der Waals surface area contributed by atoms with E-state index in [-0.39, 0.29) is 0 Å². The molecule has 2 nitrogen and oxygen atoms in total. The molecule has 2 heteroatoms. The average Bonchev–Trinajstić information content (AvgIpc) is 2.74. The Labute approximate surface area is 98.1 Å². The van der Waals surface area contributed by atoms with Crippen LogP contribution in [0.25, 0.3) is 0 Å². The zero-order valence-corrected chi connectivity index (χ0v) is 10.2. The van der Waals surface area contributed by atoms with Crippen LogP contribution in [0.3, 0.4) is 0 Å². The lowest BCUT2D eigenvalue weighted by atomic mass is 9.77. The zero-order valence-electron chi connectivity index (χ0n) is 10.2. The monoisotopic (exact) mass is 222 g/mol. The molecule has 2 saturated carbocycles. The Kier molecular flexibility index (Phi) is 4.16. The van der Waals surface area contributed by atoms with Crippen molar-refractivity contribution in [1.29, 1.82) is 0 Å². The number of ketones is 1. The third kappa shape index (κ3) is 2.94. The largest absolute Gasteiger partial charge is 0.381 e. The first kappa shape index (κ1) is 11.8. The van der Waals surface area contributed by atoms with Gasteiger partial charge in [0, 0.05) is 20.0 Å². The van der Waals surface area contributed by atoms with E-state index in [1.54, 1.807) is 12.7 Å². The molecule has 90 valence electrons. The van der Waals surface area contributed by atoms with Gasteiger partial charge in [-0.1, -0.05) is 11.6 Å². The van der Waals surface area contributed by atoms with Gasteiger partial charge >= 0.3 is 0 Å². The van der Waals surface area contributed by atoms with Crippen molar-refractivity contribution in [2.24, 2.45) is 11.8 Å². The number of hydrogen-bond acceptors (Lipinski definition) is 2. The van der Waals surface area contributed by atoms with Crippen LogP contribution in [-0.2, 0) is 9.53 Å². The number of allylic oxidation sites excluding steroid dienone is 1. The van der Waals surface area contributed by atoms with Crippen molar-refractivity contribution >= 4 is 5.78 Å². The Morgan fingerprint density at radius 2 is 1.88 bits per heavy atom. The summed E-state index contributed by atoms with van der Waals surface area (Å²) in [7, 11) is 1.74. The third-order valence-corrected chi connectivity index (χ3v) is 4.16. The second-order valence-corrected chi connectivity index (χ2v) is 5.20. The normalized spacial score (nSPS) is 30.8. The van der Waals surface area contributed by atoms with Crippen molar-refractivity contribution in [1.82, 2.24) is 0 Å². The van der Waals surface area contributed by atoms with Crippen LogP contribution in [0.1, 0.15) is 44.9 Å². The van der Waals surface area contributed by atoms with Gasteiger partial charge in [0.25, 0.3) is 0 Å². The minimum Gasteiger partial charge on any atom is -0.381 e. The van der Waals surface area contributed by atoms with E-state index in [1.165, 1.54) is 25.7 Å². The van der Waals surface area contributed by atoms with Gasteiger partial charge in [-0.15, -0.1) is 0 Å². The van der Waals surface area contributed by atoms with E-state index < -0.39 is 0 Å². The molecule has 1 atom stereocenters. The molecule has 0 aromatic heterocycles. The van der Waals surface area contributed by atoms with Crippen molar-refractivity contribution in [3.05, 3.63) is 11.6 Å². The molecular weight excluding hydrogens is 200 g/mol. The van der Waals surface area contributed by atoms with Crippen molar-refractivity contribution < 1.29 is 9.53 Å². The molecule has 2 rings (SSSR count). The molecule has 0 bridgehead atoms. The molecule has 0 aliphatic heterocycles. The molecule has 0 aromatic carbocycles. The van der Waals surface area contributed by atoms with Gasteiger partial charge in [0.15, 0.2) is 0 Å². The van der Waals surface area contributed by atoms with E-state index in [0.717, 1.165) is 31.8 Å². The Bertz CT molecular complexity index is 270. The summed E-state index contributed by atoms with van der Waals surface area (Å²) in [6, 6.07) is 0. The van der Waals surface area contributed by atoms with E-state index in [1.807, 2.05) is 0 Å². The fourth-order valence-electron chi connectivity index (χ4n) is 3.13. The van der Waals surface area contributed by atoms with Crippen LogP contribution in [0, 0.1) is 11.8 Å². The highest BCUT2D eigenvalue weighted by Gasteiger charge is 2.30. The molecule has 0 spiro atoms. The number of carbonyl (C=O) groups is 1. The molecule has 0 N–H and O–H groups in total. The maximum atomic E-state index is 11.3. The smallest absolute Gasteiger partial charge is 0.133 e. The fraction of sp³-hybridized carbons (Fsp3) is 0.786. The summed E-state index contributed by atoms with van der Waals surface area (Å²) in [6.45, 7) is 0.752. The Hall–Kier alpha value is -0.630. The van der Waals surface area contributed by atoms with Gasteiger partial charge in [0.2, 0.25) is 0 Å². The van der Waals surface area contributed by atoms with Gasteiger partial charge in [-0.3, -0.25) is 4.79 Å². The number of methoxy groups -OCH3 is 1. The van der Waals surface area contributed by atoms with Crippen molar-refractivity contribution in [2.45, 2.75) is 44.9 Å². The molecule has 2 fully saturated rings. The van der Waals surface area contributed by atoms with Crippen LogP contribution >= 0.6 is 0 Å². The van der Waals surface area contributed by atoms with Crippen LogP contribution in [0.4, 0.5) is 0 Å². The fourth-order valence-corrected chi connectivity index (χ4v) is 3.13. The van der Waals surface area contributed by atoms with Crippen LogP contribution in [-0.4, -0.2) is 19.5 Å². The SMILES string of the molecule is COCC=C1CCC(C2CCC(=O)C2)CC1. The molecule has 0 heterocycles.